The number of hydrogen-bond acceptors (Lipinski definition) is 4. The first-order valence-electron chi connectivity index (χ1n) is 7.57. The Morgan fingerprint density at radius 1 is 1.29 bits per heavy atom. The molecule has 1 N–H and O–H groups in total. The Morgan fingerprint density at radius 2 is 1.90 bits per heavy atom. The molecular formula is C15H25NO5. The van der Waals surface area contributed by atoms with E-state index in [1.54, 1.807) is 4.90 Å². The van der Waals surface area contributed by atoms with Crippen molar-refractivity contribution in [3.63, 3.8) is 0 Å². The maximum absolute atomic E-state index is 12.5. The molecule has 0 aromatic carbocycles. The molecule has 2 heterocycles. The predicted octanol–water partition coefficient (Wildman–Crippen LogP) is 2.27. The van der Waals surface area contributed by atoms with E-state index in [1.807, 2.05) is 20.8 Å². The SMILES string of the molecule is CC(C)(C)OC(=O)N1CCCC(C(=O)O)C12CCOCC2. The summed E-state index contributed by atoms with van der Waals surface area (Å²) >= 11 is 0. The van der Waals surface area contributed by atoms with Gasteiger partial charge < -0.3 is 19.5 Å². The summed E-state index contributed by atoms with van der Waals surface area (Å²) in [7, 11) is 0. The molecule has 1 amide bonds. The van der Waals surface area contributed by atoms with Gasteiger partial charge in [-0.25, -0.2) is 4.79 Å². The van der Waals surface area contributed by atoms with Gasteiger partial charge in [-0.3, -0.25) is 4.79 Å². The molecular weight excluding hydrogens is 274 g/mol. The minimum atomic E-state index is -0.829. The second-order valence-electron chi connectivity index (χ2n) is 6.88. The van der Waals surface area contributed by atoms with E-state index >= 15 is 0 Å². The summed E-state index contributed by atoms with van der Waals surface area (Å²) in [4.78, 5) is 25.8. The predicted molar refractivity (Wildman–Crippen MR) is 76.1 cm³/mol. The van der Waals surface area contributed by atoms with Gasteiger partial charge in [-0.2, -0.15) is 0 Å². The van der Waals surface area contributed by atoms with Crippen molar-refractivity contribution in [2.24, 2.45) is 5.92 Å². The van der Waals surface area contributed by atoms with Crippen molar-refractivity contribution in [3.8, 4) is 0 Å². The fraction of sp³-hybridized carbons (Fsp3) is 0.867. The monoisotopic (exact) mass is 299 g/mol. The number of carboxylic acid groups (broad SMARTS) is 1. The molecule has 0 aliphatic carbocycles. The van der Waals surface area contributed by atoms with E-state index in [1.165, 1.54) is 0 Å². The molecule has 2 saturated heterocycles. The Hall–Kier alpha value is -1.30. The van der Waals surface area contributed by atoms with Gasteiger partial charge >= 0.3 is 12.1 Å². The van der Waals surface area contributed by atoms with E-state index in [4.69, 9.17) is 9.47 Å². The van der Waals surface area contributed by atoms with E-state index < -0.39 is 29.1 Å². The lowest BCUT2D eigenvalue weighted by Crippen LogP contribution is -2.63. The van der Waals surface area contributed by atoms with Gasteiger partial charge in [0.05, 0.1) is 11.5 Å². The highest BCUT2D eigenvalue weighted by Gasteiger charge is 2.53. The average Bonchev–Trinajstić information content (AvgIpc) is 2.37. The van der Waals surface area contributed by atoms with Crippen LogP contribution in [-0.4, -0.2) is 53.0 Å². The number of piperidine rings is 1. The number of nitrogens with zero attached hydrogens (tertiary/aromatic N) is 1. The van der Waals surface area contributed by atoms with Gasteiger partial charge in [0.2, 0.25) is 0 Å². The van der Waals surface area contributed by atoms with Crippen molar-refractivity contribution < 1.29 is 24.2 Å². The quantitative estimate of drug-likeness (QED) is 0.803. The molecule has 0 saturated carbocycles. The molecule has 1 atom stereocenters. The molecule has 21 heavy (non-hydrogen) atoms. The molecule has 2 rings (SSSR count). The summed E-state index contributed by atoms with van der Waals surface area (Å²) < 4.78 is 10.9. The van der Waals surface area contributed by atoms with Crippen LogP contribution >= 0.6 is 0 Å². The Labute approximate surface area is 125 Å². The molecule has 0 aromatic heterocycles. The number of aliphatic carboxylic acids is 1. The summed E-state index contributed by atoms with van der Waals surface area (Å²) in [6, 6.07) is 0. The summed E-state index contributed by atoms with van der Waals surface area (Å²) in [5.74, 6) is -1.37. The fourth-order valence-corrected chi connectivity index (χ4v) is 3.42. The molecule has 120 valence electrons. The Bertz CT molecular complexity index is 409. The molecule has 6 heteroatoms. The van der Waals surface area contributed by atoms with Gasteiger partial charge in [0.1, 0.15) is 5.60 Å². The largest absolute Gasteiger partial charge is 0.481 e. The summed E-state index contributed by atoms with van der Waals surface area (Å²) in [5, 5.41) is 9.57. The Kier molecular flexibility index (Phi) is 4.46. The van der Waals surface area contributed by atoms with E-state index in [-0.39, 0.29) is 0 Å². The van der Waals surface area contributed by atoms with Crippen LogP contribution in [0.15, 0.2) is 0 Å². The standard InChI is InChI=1S/C15H25NO5/c1-14(2,3)21-13(19)16-8-4-5-11(12(17)18)15(16)6-9-20-10-7-15/h11H,4-10H2,1-3H3,(H,17,18). The molecule has 2 aliphatic rings. The number of carboxylic acids is 1. The van der Waals surface area contributed by atoms with Crippen LogP contribution in [0.25, 0.3) is 0 Å². The first-order valence-corrected chi connectivity index (χ1v) is 7.57. The minimum absolute atomic E-state index is 0.407. The van der Waals surface area contributed by atoms with Crippen molar-refractivity contribution in [3.05, 3.63) is 0 Å². The summed E-state index contributed by atoms with van der Waals surface area (Å²) in [6.45, 7) is 6.99. The fourth-order valence-electron chi connectivity index (χ4n) is 3.42. The minimum Gasteiger partial charge on any atom is -0.481 e. The van der Waals surface area contributed by atoms with Crippen LogP contribution < -0.4 is 0 Å². The van der Waals surface area contributed by atoms with E-state index in [2.05, 4.69) is 0 Å². The Balaban J connectivity index is 2.28. The zero-order valence-electron chi connectivity index (χ0n) is 13.1. The number of rotatable bonds is 1. The van der Waals surface area contributed by atoms with Gasteiger partial charge in [-0.15, -0.1) is 0 Å². The van der Waals surface area contributed by atoms with Gasteiger partial charge in [-0.05, 0) is 46.5 Å². The maximum atomic E-state index is 12.5. The van der Waals surface area contributed by atoms with Crippen LogP contribution in [0, 0.1) is 5.92 Å². The number of carbonyl (C=O) groups is 2. The van der Waals surface area contributed by atoms with E-state index in [0.29, 0.717) is 45.4 Å². The number of amides is 1. The Morgan fingerprint density at radius 3 is 2.43 bits per heavy atom. The summed E-state index contributed by atoms with van der Waals surface area (Å²) in [6.07, 6.45) is 2.01. The number of hydrogen-bond donors (Lipinski definition) is 1. The van der Waals surface area contributed by atoms with Gasteiger partial charge in [-0.1, -0.05) is 0 Å². The molecule has 1 spiro atoms. The lowest BCUT2D eigenvalue weighted by Gasteiger charge is -2.52. The van der Waals surface area contributed by atoms with Crippen molar-refractivity contribution in [2.75, 3.05) is 19.8 Å². The normalized spacial score (nSPS) is 25.7. The van der Waals surface area contributed by atoms with Crippen LogP contribution in [0.2, 0.25) is 0 Å². The van der Waals surface area contributed by atoms with Gasteiger partial charge in [0, 0.05) is 19.8 Å². The third kappa shape index (κ3) is 3.31. The van der Waals surface area contributed by atoms with Gasteiger partial charge in [0.15, 0.2) is 0 Å². The molecule has 2 aliphatic heterocycles. The topological polar surface area (TPSA) is 76.1 Å². The van der Waals surface area contributed by atoms with Gasteiger partial charge in [0.25, 0.3) is 0 Å². The highest BCUT2D eigenvalue weighted by Crippen LogP contribution is 2.42. The lowest BCUT2D eigenvalue weighted by atomic mass is 9.71. The third-order valence-corrected chi connectivity index (χ3v) is 4.33. The maximum Gasteiger partial charge on any atom is 0.410 e. The third-order valence-electron chi connectivity index (χ3n) is 4.33. The molecule has 1 unspecified atom stereocenters. The number of ether oxygens (including phenoxy) is 2. The first kappa shape index (κ1) is 16.1. The summed E-state index contributed by atoms with van der Waals surface area (Å²) in [5.41, 5.74) is -1.25. The van der Waals surface area contributed by atoms with Crippen molar-refractivity contribution in [2.45, 2.75) is 57.6 Å². The highest BCUT2D eigenvalue weighted by atomic mass is 16.6. The second kappa shape index (κ2) is 5.83. The first-order chi connectivity index (χ1) is 9.76. The molecule has 2 fully saturated rings. The van der Waals surface area contributed by atoms with Crippen molar-refractivity contribution >= 4 is 12.1 Å². The van der Waals surface area contributed by atoms with Crippen LogP contribution in [-0.2, 0) is 14.3 Å². The second-order valence-corrected chi connectivity index (χ2v) is 6.88. The molecule has 0 aromatic rings. The molecule has 0 radical (unpaired) electrons. The average molecular weight is 299 g/mol. The van der Waals surface area contributed by atoms with Crippen LogP contribution in [0.4, 0.5) is 4.79 Å². The van der Waals surface area contributed by atoms with Crippen LogP contribution in [0.1, 0.15) is 46.5 Å². The van der Waals surface area contributed by atoms with Crippen molar-refractivity contribution in [1.82, 2.24) is 4.90 Å². The molecule has 6 nitrogen and oxygen atoms in total. The zero-order valence-corrected chi connectivity index (χ0v) is 13.1. The smallest absolute Gasteiger partial charge is 0.410 e. The van der Waals surface area contributed by atoms with E-state index in [0.717, 1.165) is 0 Å². The number of carbonyl (C=O) groups excluding carboxylic acids is 1. The van der Waals surface area contributed by atoms with Crippen LogP contribution in [0.3, 0.4) is 0 Å². The highest BCUT2D eigenvalue weighted by molar-refractivity contribution is 5.76. The number of likely N-dealkylation sites (tertiary alicyclic amines) is 1. The zero-order chi connectivity index (χ0) is 15.7. The lowest BCUT2D eigenvalue weighted by molar-refractivity contribution is -0.156. The van der Waals surface area contributed by atoms with E-state index in [9.17, 15) is 14.7 Å². The molecule has 0 bridgehead atoms. The van der Waals surface area contributed by atoms with Crippen LogP contribution in [0.5, 0.6) is 0 Å². The van der Waals surface area contributed by atoms with Crippen molar-refractivity contribution in [1.29, 1.82) is 0 Å².